The van der Waals surface area contributed by atoms with Crippen LogP contribution in [0.2, 0.25) is 0 Å². The Morgan fingerprint density at radius 3 is 1.94 bits per heavy atom. The number of aromatic nitrogens is 2. The van der Waals surface area contributed by atoms with E-state index in [1.165, 1.54) is 22.3 Å². The molecular weight excluding hydrogens is 442 g/mol. The van der Waals surface area contributed by atoms with Crippen LogP contribution in [0.3, 0.4) is 0 Å². The fraction of sp³-hybridized carbons (Fsp3) is 0.290. The molecule has 2 heterocycles. The van der Waals surface area contributed by atoms with Gasteiger partial charge >= 0.3 is 0 Å². The van der Waals surface area contributed by atoms with Crippen LogP contribution in [0.4, 0.5) is 17.3 Å². The van der Waals surface area contributed by atoms with Gasteiger partial charge in [-0.2, -0.15) is 0 Å². The molecule has 0 radical (unpaired) electrons. The molecule has 1 aromatic heterocycles. The number of hydrogen-bond donors (Lipinski definition) is 0. The van der Waals surface area contributed by atoms with E-state index in [1.54, 1.807) is 6.33 Å². The van der Waals surface area contributed by atoms with Crippen LogP contribution in [0, 0.1) is 0 Å². The number of likely N-dealkylation sites (N-methyl/N-ethyl adjacent to an activating group) is 2. The molecule has 0 saturated heterocycles. The largest absolute Gasteiger partial charge is 0.368 e. The minimum atomic E-state index is 0.875. The topological polar surface area (TPSA) is 35.5 Å². The Kier molecular flexibility index (Phi) is 7.46. The lowest BCUT2D eigenvalue weighted by molar-refractivity contribution is 0.714. The SMILES string of the molecule is CN(CCc1ccccc1)c1ncnc(N2CCc3ccccc3C2)c1N(C)CCc1ccccc1. The van der Waals surface area contributed by atoms with Crippen molar-refractivity contribution in [1.29, 1.82) is 0 Å². The minimum absolute atomic E-state index is 0.875. The first-order valence-corrected chi connectivity index (χ1v) is 12.9. The molecule has 0 amide bonds. The van der Waals surface area contributed by atoms with E-state index in [9.17, 15) is 0 Å². The lowest BCUT2D eigenvalue weighted by Gasteiger charge is -2.35. The number of anilines is 3. The number of fused-ring (bicyclic) bond motifs is 1. The normalized spacial score (nSPS) is 12.8. The van der Waals surface area contributed by atoms with Gasteiger partial charge in [-0.05, 0) is 41.5 Å². The standard InChI is InChI=1S/C31H35N5/c1-34(20-17-25-11-5-3-6-12-25)29-30(35(2)21-18-26-13-7-4-8-14-26)32-24-33-31(29)36-22-19-27-15-9-10-16-28(27)23-36/h3-16,24H,17-23H2,1-2H3. The van der Waals surface area contributed by atoms with Crippen molar-refractivity contribution in [2.75, 3.05) is 48.4 Å². The summed E-state index contributed by atoms with van der Waals surface area (Å²) < 4.78 is 0. The van der Waals surface area contributed by atoms with E-state index in [2.05, 4.69) is 114 Å². The summed E-state index contributed by atoms with van der Waals surface area (Å²) in [6.45, 7) is 3.62. The van der Waals surface area contributed by atoms with Gasteiger partial charge in [0.25, 0.3) is 0 Å². The van der Waals surface area contributed by atoms with E-state index >= 15 is 0 Å². The third-order valence-electron chi connectivity index (χ3n) is 7.11. The van der Waals surface area contributed by atoms with Crippen LogP contribution in [0.15, 0.2) is 91.3 Å². The van der Waals surface area contributed by atoms with Gasteiger partial charge in [0.1, 0.15) is 12.0 Å². The second-order valence-corrected chi connectivity index (χ2v) is 9.62. The molecule has 5 nitrogen and oxygen atoms in total. The van der Waals surface area contributed by atoms with Gasteiger partial charge in [0, 0.05) is 40.3 Å². The van der Waals surface area contributed by atoms with Crippen molar-refractivity contribution in [2.45, 2.75) is 25.8 Å². The summed E-state index contributed by atoms with van der Waals surface area (Å²) in [4.78, 5) is 16.7. The highest BCUT2D eigenvalue weighted by Crippen LogP contribution is 2.37. The Hall–Kier alpha value is -3.86. The van der Waals surface area contributed by atoms with Crippen LogP contribution < -0.4 is 14.7 Å². The number of benzene rings is 3. The number of nitrogens with zero attached hydrogens (tertiary/aromatic N) is 5. The highest BCUT2D eigenvalue weighted by atomic mass is 15.3. The molecule has 1 aliphatic heterocycles. The molecule has 184 valence electrons. The second-order valence-electron chi connectivity index (χ2n) is 9.62. The lowest BCUT2D eigenvalue weighted by Crippen LogP contribution is -2.35. The summed E-state index contributed by atoms with van der Waals surface area (Å²) in [5, 5.41) is 0. The monoisotopic (exact) mass is 477 g/mol. The molecular formula is C31H35N5. The highest BCUT2D eigenvalue weighted by molar-refractivity contribution is 5.79. The van der Waals surface area contributed by atoms with Crippen LogP contribution in [-0.2, 0) is 25.8 Å². The summed E-state index contributed by atoms with van der Waals surface area (Å²) in [6, 6.07) is 30.1. The fourth-order valence-electron chi connectivity index (χ4n) is 4.99. The smallest absolute Gasteiger partial charge is 0.158 e. The molecule has 5 heteroatoms. The van der Waals surface area contributed by atoms with E-state index in [0.717, 1.165) is 62.8 Å². The van der Waals surface area contributed by atoms with Gasteiger partial charge in [-0.15, -0.1) is 0 Å². The molecule has 0 fully saturated rings. The molecule has 1 aliphatic rings. The average Bonchev–Trinajstić information content (AvgIpc) is 2.95. The van der Waals surface area contributed by atoms with Gasteiger partial charge in [0.2, 0.25) is 0 Å². The number of hydrogen-bond acceptors (Lipinski definition) is 5. The fourth-order valence-corrected chi connectivity index (χ4v) is 4.99. The molecule has 0 bridgehead atoms. The summed E-state index contributed by atoms with van der Waals surface area (Å²) in [7, 11) is 4.33. The van der Waals surface area contributed by atoms with Crippen molar-refractivity contribution in [3.8, 4) is 0 Å². The van der Waals surface area contributed by atoms with Crippen molar-refractivity contribution in [3.63, 3.8) is 0 Å². The van der Waals surface area contributed by atoms with Crippen molar-refractivity contribution >= 4 is 17.3 Å². The summed E-state index contributed by atoms with van der Waals surface area (Å²) in [5.74, 6) is 2.02. The van der Waals surface area contributed by atoms with Crippen molar-refractivity contribution < 1.29 is 0 Å². The molecule has 0 saturated carbocycles. The lowest BCUT2D eigenvalue weighted by atomic mass is 10.00. The van der Waals surface area contributed by atoms with Crippen LogP contribution in [0.5, 0.6) is 0 Å². The first kappa shape index (κ1) is 23.9. The Morgan fingerprint density at radius 1 is 0.694 bits per heavy atom. The predicted octanol–water partition coefficient (Wildman–Crippen LogP) is 5.40. The maximum Gasteiger partial charge on any atom is 0.158 e. The van der Waals surface area contributed by atoms with Crippen LogP contribution >= 0.6 is 0 Å². The van der Waals surface area contributed by atoms with Gasteiger partial charge in [-0.3, -0.25) is 0 Å². The second kappa shape index (κ2) is 11.3. The first-order chi connectivity index (χ1) is 17.7. The Morgan fingerprint density at radius 2 is 1.28 bits per heavy atom. The summed E-state index contributed by atoms with van der Waals surface area (Å²) >= 11 is 0. The maximum absolute atomic E-state index is 4.86. The van der Waals surface area contributed by atoms with E-state index in [1.807, 2.05) is 0 Å². The predicted molar refractivity (Wildman–Crippen MR) is 150 cm³/mol. The van der Waals surface area contributed by atoms with Crippen LogP contribution in [0.25, 0.3) is 0 Å². The molecule has 36 heavy (non-hydrogen) atoms. The molecule has 0 N–H and O–H groups in total. The zero-order chi connectivity index (χ0) is 24.7. The molecule has 4 aromatic rings. The molecule has 0 aliphatic carbocycles. The zero-order valence-corrected chi connectivity index (χ0v) is 21.3. The molecule has 0 unspecified atom stereocenters. The maximum atomic E-state index is 4.86. The van der Waals surface area contributed by atoms with Gasteiger partial charge in [-0.1, -0.05) is 84.9 Å². The van der Waals surface area contributed by atoms with E-state index in [-0.39, 0.29) is 0 Å². The average molecular weight is 478 g/mol. The third-order valence-corrected chi connectivity index (χ3v) is 7.11. The minimum Gasteiger partial charge on any atom is -0.368 e. The van der Waals surface area contributed by atoms with Gasteiger partial charge in [0.05, 0.1) is 0 Å². The zero-order valence-electron chi connectivity index (χ0n) is 21.3. The van der Waals surface area contributed by atoms with Gasteiger partial charge in [-0.25, -0.2) is 9.97 Å². The highest BCUT2D eigenvalue weighted by Gasteiger charge is 2.25. The quantitative estimate of drug-likeness (QED) is 0.323. The summed E-state index contributed by atoms with van der Waals surface area (Å²) in [5.41, 5.74) is 6.63. The van der Waals surface area contributed by atoms with Gasteiger partial charge in [0.15, 0.2) is 11.6 Å². The van der Waals surface area contributed by atoms with Crippen LogP contribution in [0.1, 0.15) is 22.3 Å². The molecule has 0 atom stereocenters. The third kappa shape index (κ3) is 5.51. The molecule has 0 spiro atoms. The van der Waals surface area contributed by atoms with E-state index in [0.29, 0.717) is 0 Å². The first-order valence-electron chi connectivity index (χ1n) is 12.9. The Balaban J connectivity index is 1.43. The van der Waals surface area contributed by atoms with Gasteiger partial charge < -0.3 is 14.7 Å². The molecule has 5 rings (SSSR count). The Bertz CT molecular complexity index is 1260. The molecule has 3 aromatic carbocycles. The summed E-state index contributed by atoms with van der Waals surface area (Å²) in [6.07, 6.45) is 4.72. The van der Waals surface area contributed by atoms with E-state index < -0.39 is 0 Å². The number of rotatable bonds is 9. The van der Waals surface area contributed by atoms with Crippen molar-refractivity contribution in [2.24, 2.45) is 0 Å². The van der Waals surface area contributed by atoms with Crippen molar-refractivity contribution in [3.05, 3.63) is 114 Å². The van der Waals surface area contributed by atoms with Crippen molar-refractivity contribution in [1.82, 2.24) is 9.97 Å². The van der Waals surface area contributed by atoms with E-state index in [4.69, 9.17) is 9.97 Å². The van der Waals surface area contributed by atoms with Crippen LogP contribution in [-0.4, -0.2) is 43.7 Å². The Labute approximate surface area is 215 Å².